The Balaban J connectivity index is 2.09. The first-order valence-corrected chi connectivity index (χ1v) is 15.2. The van der Waals surface area contributed by atoms with Gasteiger partial charge in [-0.25, -0.2) is 8.42 Å². The summed E-state index contributed by atoms with van der Waals surface area (Å²) in [6.07, 6.45) is 1.14. The molecular weight excluding hydrogens is 522 g/mol. The number of sulfonamides is 1. The number of carbonyl (C=O) groups excluding carboxylic acids is 2. The smallest absolute Gasteiger partial charge is 0.264 e. The van der Waals surface area contributed by atoms with Crippen LogP contribution in [0.25, 0.3) is 0 Å². The van der Waals surface area contributed by atoms with E-state index in [1.165, 1.54) is 9.21 Å². The minimum absolute atomic E-state index is 0.0522. The van der Waals surface area contributed by atoms with Crippen molar-refractivity contribution in [2.45, 2.75) is 77.9 Å². The van der Waals surface area contributed by atoms with E-state index in [0.29, 0.717) is 12.1 Å². The van der Waals surface area contributed by atoms with Crippen molar-refractivity contribution in [2.24, 2.45) is 0 Å². The summed E-state index contributed by atoms with van der Waals surface area (Å²) < 4.78 is 29.3. The third-order valence-corrected chi connectivity index (χ3v) is 9.09. The first kappa shape index (κ1) is 30.9. The number of hydrogen-bond acceptors (Lipinski definition) is 4. The highest BCUT2D eigenvalue weighted by Crippen LogP contribution is 2.29. The molecule has 0 heterocycles. The summed E-state index contributed by atoms with van der Waals surface area (Å²) >= 11 is 0. The van der Waals surface area contributed by atoms with Crippen molar-refractivity contribution in [3.63, 3.8) is 0 Å². The third-order valence-electron chi connectivity index (χ3n) is 7.32. The molecule has 0 aliphatic carbocycles. The molecule has 0 aromatic heterocycles. The van der Waals surface area contributed by atoms with Crippen LogP contribution in [0.1, 0.15) is 55.9 Å². The van der Waals surface area contributed by atoms with Crippen molar-refractivity contribution in [1.82, 2.24) is 10.2 Å². The van der Waals surface area contributed by atoms with Gasteiger partial charge in [0.1, 0.15) is 12.6 Å². The van der Waals surface area contributed by atoms with Crippen LogP contribution in [0.5, 0.6) is 0 Å². The van der Waals surface area contributed by atoms with Gasteiger partial charge in [-0.1, -0.05) is 74.0 Å². The molecule has 1 N–H and O–H groups in total. The Kier molecular flexibility index (Phi) is 10.5. The molecule has 0 aliphatic rings. The summed E-state index contributed by atoms with van der Waals surface area (Å²) in [6, 6.07) is 20.6. The van der Waals surface area contributed by atoms with Gasteiger partial charge >= 0.3 is 0 Å². The molecule has 2 atom stereocenters. The molecule has 0 bridgehead atoms. The Morgan fingerprint density at radius 1 is 0.850 bits per heavy atom. The van der Waals surface area contributed by atoms with E-state index in [9.17, 15) is 18.0 Å². The zero-order chi connectivity index (χ0) is 29.4. The summed E-state index contributed by atoms with van der Waals surface area (Å²) in [4.78, 5) is 29.1. The van der Waals surface area contributed by atoms with Crippen molar-refractivity contribution in [3.8, 4) is 0 Å². The SMILES string of the molecule is CC[C@H](C)NC(=O)[C@H](CC)N(Cc1ccccc1)C(=O)CN(c1cccc(C)c1C)S(=O)(=O)c1ccc(C)cc1. The van der Waals surface area contributed by atoms with E-state index >= 15 is 0 Å². The first-order chi connectivity index (χ1) is 19.0. The van der Waals surface area contributed by atoms with Crippen LogP contribution in [-0.2, 0) is 26.2 Å². The van der Waals surface area contributed by atoms with Crippen LogP contribution < -0.4 is 9.62 Å². The summed E-state index contributed by atoms with van der Waals surface area (Å²) in [5.74, 6) is -0.701. The average molecular weight is 564 g/mol. The number of aryl methyl sites for hydroxylation is 2. The number of carbonyl (C=O) groups is 2. The lowest BCUT2D eigenvalue weighted by atomic mass is 10.1. The molecule has 3 aromatic carbocycles. The highest BCUT2D eigenvalue weighted by molar-refractivity contribution is 7.92. The van der Waals surface area contributed by atoms with Crippen molar-refractivity contribution >= 4 is 27.5 Å². The Bertz CT molecular complexity index is 1410. The second-order valence-corrected chi connectivity index (χ2v) is 12.2. The molecule has 3 rings (SSSR count). The lowest BCUT2D eigenvalue weighted by Crippen LogP contribution is -2.53. The van der Waals surface area contributed by atoms with Crippen LogP contribution in [0, 0.1) is 20.8 Å². The summed E-state index contributed by atoms with van der Waals surface area (Å²) in [5, 5.41) is 3.00. The number of anilines is 1. The molecular formula is C32H41N3O4S. The Morgan fingerprint density at radius 2 is 1.50 bits per heavy atom. The summed E-state index contributed by atoms with van der Waals surface area (Å²) in [5.41, 5.74) is 3.90. The van der Waals surface area contributed by atoms with Crippen molar-refractivity contribution in [2.75, 3.05) is 10.8 Å². The molecule has 7 nitrogen and oxygen atoms in total. The molecule has 0 unspecified atom stereocenters. The molecule has 0 fully saturated rings. The van der Waals surface area contributed by atoms with Crippen LogP contribution in [0.3, 0.4) is 0 Å². The lowest BCUT2D eigenvalue weighted by Gasteiger charge is -2.34. The van der Waals surface area contributed by atoms with Gasteiger partial charge in [-0.15, -0.1) is 0 Å². The standard InChI is InChI=1S/C32H41N3O4S/c1-7-25(5)33-32(37)29(8-2)34(21-27-14-10-9-11-15-27)31(36)22-35(30-16-12-13-24(4)26(30)6)40(38,39)28-19-17-23(3)18-20-28/h9-20,25,29H,7-8,21-22H2,1-6H3,(H,33,37)/t25-,29-/m0/s1. The molecule has 0 saturated carbocycles. The second-order valence-electron chi connectivity index (χ2n) is 10.3. The Labute approximate surface area is 239 Å². The van der Waals surface area contributed by atoms with Gasteiger partial charge in [0.2, 0.25) is 11.8 Å². The van der Waals surface area contributed by atoms with Crippen LogP contribution in [-0.4, -0.2) is 43.8 Å². The maximum absolute atomic E-state index is 14.2. The summed E-state index contributed by atoms with van der Waals surface area (Å²) in [6.45, 7) is 11.1. The Morgan fingerprint density at radius 3 is 2.10 bits per heavy atom. The van der Waals surface area contributed by atoms with Crippen LogP contribution in [0.2, 0.25) is 0 Å². The lowest BCUT2D eigenvalue weighted by molar-refractivity contribution is -0.140. The molecule has 3 aromatic rings. The molecule has 0 saturated heterocycles. The highest BCUT2D eigenvalue weighted by atomic mass is 32.2. The predicted molar refractivity (Wildman–Crippen MR) is 161 cm³/mol. The molecule has 8 heteroatoms. The van der Waals surface area contributed by atoms with Gasteiger partial charge < -0.3 is 10.2 Å². The monoisotopic (exact) mass is 563 g/mol. The quantitative estimate of drug-likeness (QED) is 0.314. The van der Waals surface area contributed by atoms with Gasteiger partial charge in [-0.2, -0.15) is 0 Å². The van der Waals surface area contributed by atoms with E-state index in [2.05, 4.69) is 5.32 Å². The molecule has 0 aliphatic heterocycles. The maximum Gasteiger partial charge on any atom is 0.264 e. The fourth-order valence-electron chi connectivity index (χ4n) is 4.50. The van der Waals surface area contributed by atoms with E-state index in [1.807, 2.05) is 77.9 Å². The molecule has 40 heavy (non-hydrogen) atoms. The van der Waals surface area contributed by atoms with E-state index in [4.69, 9.17) is 0 Å². The molecule has 214 valence electrons. The molecule has 0 radical (unpaired) electrons. The topological polar surface area (TPSA) is 86.8 Å². The van der Waals surface area contributed by atoms with E-state index in [0.717, 1.165) is 28.7 Å². The number of benzene rings is 3. The largest absolute Gasteiger partial charge is 0.352 e. The number of nitrogens with one attached hydrogen (secondary N) is 1. The van der Waals surface area contributed by atoms with Crippen LogP contribution in [0.4, 0.5) is 5.69 Å². The van der Waals surface area contributed by atoms with Gasteiger partial charge in [-0.05, 0) is 75.4 Å². The molecule has 0 spiro atoms. The zero-order valence-corrected chi connectivity index (χ0v) is 25.2. The van der Waals surface area contributed by atoms with Crippen molar-refractivity contribution in [1.29, 1.82) is 0 Å². The van der Waals surface area contributed by atoms with Crippen LogP contribution >= 0.6 is 0 Å². The van der Waals surface area contributed by atoms with Gasteiger partial charge in [0.25, 0.3) is 10.0 Å². The normalized spacial score (nSPS) is 12.8. The van der Waals surface area contributed by atoms with E-state index < -0.39 is 28.5 Å². The summed E-state index contributed by atoms with van der Waals surface area (Å²) in [7, 11) is -4.10. The first-order valence-electron chi connectivity index (χ1n) is 13.8. The predicted octanol–water partition coefficient (Wildman–Crippen LogP) is 5.53. The minimum Gasteiger partial charge on any atom is -0.352 e. The second kappa shape index (κ2) is 13.6. The fraction of sp³-hybridized carbons (Fsp3) is 0.375. The number of rotatable bonds is 12. The van der Waals surface area contributed by atoms with Gasteiger partial charge in [0, 0.05) is 12.6 Å². The van der Waals surface area contributed by atoms with Crippen molar-refractivity contribution < 1.29 is 18.0 Å². The zero-order valence-electron chi connectivity index (χ0n) is 24.3. The number of hydrogen-bond donors (Lipinski definition) is 1. The van der Waals surface area contributed by atoms with Gasteiger partial charge in [0.05, 0.1) is 10.6 Å². The van der Waals surface area contributed by atoms with Crippen molar-refractivity contribution in [3.05, 3.63) is 95.1 Å². The minimum atomic E-state index is -4.10. The highest BCUT2D eigenvalue weighted by Gasteiger charge is 2.34. The molecule has 2 amide bonds. The number of amides is 2. The fourth-order valence-corrected chi connectivity index (χ4v) is 5.97. The Hall–Kier alpha value is -3.65. The maximum atomic E-state index is 14.2. The third kappa shape index (κ3) is 7.30. The van der Waals surface area contributed by atoms with Gasteiger partial charge in [0.15, 0.2) is 0 Å². The van der Waals surface area contributed by atoms with Gasteiger partial charge in [-0.3, -0.25) is 13.9 Å². The number of nitrogens with zero attached hydrogens (tertiary/aromatic N) is 2. The van der Waals surface area contributed by atoms with Crippen LogP contribution in [0.15, 0.2) is 77.7 Å². The van der Waals surface area contributed by atoms with E-state index in [1.54, 1.807) is 36.4 Å². The van der Waals surface area contributed by atoms with E-state index in [-0.39, 0.29) is 23.4 Å². The average Bonchev–Trinajstić information content (AvgIpc) is 2.93.